The molecule has 0 bridgehead atoms. The molecule has 1 aromatic carbocycles. The van der Waals surface area contributed by atoms with Gasteiger partial charge < -0.3 is 31.5 Å². The van der Waals surface area contributed by atoms with Crippen molar-refractivity contribution in [3.63, 3.8) is 0 Å². The second kappa shape index (κ2) is 11.1. The molecular formula is C22H29N5O5S. The van der Waals surface area contributed by atoms with E-state index in [-0.39, 0.29) is 47.8 Å². The zero-order valence-corrected chi connectivity index (χ0v) is 19.3. The number of aliphatic hydroxyl groups excluding tert-OH is 1. The second-order valence-electron chi connectivity index (χ2n) is 7.88. The fourth-order valence-corrected chi connectivity index (χ4v) is 4.72. The molecule has 10 nitrogen and oxygen atoms in total. The van der Waals surface area contributed by atoms with Gasteiger partial charge in [0.25, 0.3) is 11.8 Å². The standard InChI is InChI=1S/C22H29N5O5S/c1-32-15-9-7-13(8-10-15)18(21(30)25-14-5-2-3-6-14)27(11-4-12-28)22(31)19-16(23)17(20(24)29)26-33-19/h7-10,14,18,28H,2-6,11-12,23H2,1H3,(H2,24,29)(H,25,30)/t18-/m1/s1. The van der Waals surface area contributed by atoms with Crippen molar-refractivity contribution in [2.45, 2.75) is 44.2 Å². The maximum Gasteiger partial charge on any atom is 0.270 e. The average molecular weight is 476 g/mol. The molecule has 1 fully saturated rings. The SMILES string of the molecule is COc1ccc([C@H](C(=O)NC2CCCC2)N(CCCO)C(=O)c2snc(C(N)=O)c2N)cc1. The van der Waals surface area contributed by atoms with E-state index in [1.54, 1.807) is 31.4 Å². The summed E-state index contributed by atoms with van der Waals surface area (Å²) in [7, 11) is 1.54. The van der Waals surface area contributed by atoms with Gasteiger partial charge in [-0.3, -0.25) is 14.4 Å². The first-order chi connectivity index (χ1) is 15.9. The normalized spacial score (nSPS) is 14.6. The minimum atomic E-state index is -0.978. The molecule has 3 rings (SSSR count). The lowest BCUT2D eigenvalue weighted by Gasteiger charge is -2.32. The number of carbonyl (C=O) groups is 3. The molecule has 2 aromatic rings. The highest BCUT2D eigenvalue weighted by Crippen LogP contribution is 2.30. The van der Waals surface area contributed by atoms with Crippen molar-refractivity contribution >= 4 is 34.9 Å². The fourth-order valence-electron chi connectivity index (χ4n) is 3.96. The van der Waals surface area contributed by atoms with E-state index in [0.717, 1.165) is 37.2 Å². The summed E-state index contributed by atoms with van der Waals surface area (Å²) in [4.78, 5) is 40.0. The van der Waals surface area contributed by atoms with Crippen LogP contribution < -0.4 is 21.5 Å². The van der Waals surface area contributed by atoms with Gasteiger partial charge in [0.2, 0.25) is 5.91 Å². The van der Waals surface area contributed by atoms with Crippen LogP contribution in [0.3, 0.4) is 0 Å². The lowest BCUT2D eigenvalue weighted by Crippen LogP contribution is -2.46. The molecule has 0 spiro atoms. The van der Waals surface area contributed by atoms with Crippen LogP contribution in [0.25, 0.3) is 0 Å². The minimum absolute atomic E-state index is 0.0221. The first kappa shape index (κ1) is 24.5. The summed E-state index contributed by atoms with van der Waals surface area (Å²) in [6.45, 7) is -0.0819. The van der Waals surface area contributed by atoms with E-state index in [2.05, 4.69) is 9.69 Å². The van der Waals surface area contributed by atoms with Crippen molar-refractivity contribution in [1.29, 1.82) is 0 Å². The van der Waals surface area contributed by atoms with Crippen LogP contribution in [0.5, 0.6) is 5.75 Å². The molecule has 1 atom stereocenters. The molecule has 0 unspecified atom stereocenters. The molecule has 0 aliphatic heterocycles. The number of nitrogens with one attached hydrogen (secondary N) is 1. The number of hydrogen-bond donors (Lipinski definition) is 4. The molecule has 33 heavy (non-hydrogen) atoms. The third kappa shape index (κ3) is 5.60. The monoisotopic (exact) mass is 475 g/mol. The van der Waals surface area contributed by atoms with Gasteiger partial charge in [0, 0.05) is 19.2 Å². The molecule has 1 saturated carbocycles. The second-order valence-corrected chi connectivity index (χ2v) is 8.65. The number of primary amides is 1. The van der Waals surface area contributed by atoms with Gasteiger partial charge in [0.1, 0.15) is 16.7 Å². The topological polar surface area (TPSA) is 161 Å². The van der Waals surface area contributed by atoms with Crippen LogP contribution in [0, 0.1) is 0 Å². The van der Waals surface area contributed by atoms with E-state index in [4.69, 9.17) is 16.2 Å². The first-order valence-corrected chi connectivity index (χ1v) is 11.6. The molecule has 0 saturated heterocycles. The summed E-state index contributed by atoms with van der Waals surface area (Å²) < 4.78 is 9.13. The van der Waals surface area contributed by atoms with Crippen LogP contribution in [0.1, 0.15) is 63.9 Å². The summed E-state index contributed by atoms with van der Waals surface area (Å²) in [5.74, 6) is -1.11. The Balaban J connectivity index is 2.01. The quantitative estimate of drug-likeness (QED) is 0.404. The Bertz CT molecular complexity index is 988. The van der Waals surface area contributed by atoms with Crippen LogP contribution in [-0.4, -0.2) is 58.4 Å². The van der Waals surface area contributed by atoms with Crippen molar-refractivity contribution in [3.05, 3.63) is 40.4 Å². The molecule has 1 heterocycles. The number of carbonyl (C=O) groups excluding carboxylic acids is 3. The number of aromatic nitrogens is 1. The fraction of sp³-hybridized carbons (Fsp3) is 0.455. The maximum absolute atomic E-state index is 13.6. The predicted molar refractivity (Wildman–Crippen MR) is 124 cm³/mol. The van der Waals surface area contributed by atoms with Crippen LogP contribution in [0.2, 0.25) is 0 Å². The summed E-state index contributed by atoms with van der Waals surface area (Å²) in [5, 5.41) is 12.5. The number of amides is 3. The lowest BCUT2D eigenvalue weighted by atomic mass is 10.0. The Morgan fingerprint density at radius 1 is 1.27 bits per heavy atom. The van der Waals surface area contributed by atoms with Gasteiger partial charge in [-0.05, 0) is 48.5 Å². The van der Waals surface area contributed by atoms with E-state index in [1.165, 1.54) is 4.90 Å². The number of aliphatic hydroxyl groups is 1. The van der Waals surface area contributed by atoms with Crippen molar-refractivity contribution in [2.75, 3.05) is 26.0 Å². The number of ether oxygens (including phenoxy) is 1. The first-order valence-electron chi connectivity index (χ1n) is 10.8. The smallest absolute Gasteiger partial charge is 0.270 e. The maximum atomic E-state index is 13.6. The van der Waals surface area contributed by atoms with E-state index in [9.17, 15) is 19.5 Å². The van der Waals surface area contributed by atoms with Crippen molar-refractivity contribution in [3.8, 4) is 5.75 Å². The van der Waals surface area contributed by atoms with E-state index in [0.29, 0.717) is 11.3 Å². The van der Waals surface area contributed by atoms with Crippen LogP contribution in [0.15, 0.2) is 24.3 Å². The summed E-state index contributed by atoms with van der Waals surface area (Å²) in [6.07, 6.45) is 4.10. The predicted octanol–water partition coefficient (Wildman–Crippen LogP) is 1.46. The van der Waals surface area contributed by atoms with Crippen molar-refractivity contribution in [1.82, 2.24) is 14.6 Å². The Hall–Kier alpha value is -3.18. The van der Waals surface area contributed by atoms with Crippen LogP contribution in [-0.2, 0) is 4.79 Å². The summed E-state index contributed by atoms with van der Waals surface area (Å²) >= 11 is 0.756. The molecule has 1 aliphatic rings. The number of nitrogens with two attached hydrogens (primary N) is 2. The summed E-state index contributed by atoms with van der Waals surface area (Å²) in [6, 6.07) is 5.94. The molecule has 11 heteroatoms. The Kier molecular flexibility index (Phi) is 8.23. The number of rotatable bonds is 10. The van der Waals surface area contributed by atoms with Gasteiger partial charge >= 0.3 is 0 Å². The van der Waals surface area contributed by atoms with Gasteiger partial charge in [0.05, 0.1) is 12.8 Å². The molecular weight excluding hydrogens is 446 g/mol. The van der Waals surface area contributed by atoms with Gasteiger partial charge in [-0.2, -0.15) is 4.37 Å². The molecule has 178 valence electrons. The van der Waals surface area contributed by atoms with Crippen molar-refractivity contribution in [2.24, 2.45) is 5.73 Å². The summed E-state index contributed by atoms with van der Waals surface area (Å²) in [5.41, 5.74) is 11.6. The number of nitrogens with zero attached hydrogens (tertiary/aromatic N) is 2. The number of hydrogen-bond acceptors (Lipinski definition) is 8. The van der Waals surface area contributed by atoms with Crippen LogP contribution in [0.4, 0.5) is 5.69 Å². The van der Waals surface area contributed by atoms with Crippen molar-refractivity contribution < 1.29 is 24.2 Å². The highest BCUT2D eigenvalue weighted by Gasteiger charge is 2.35. The third-order valence-electron chi connectivity index (χ3n) is 5.67. The Labute approximate surface area is 196 Å². The minimum Gasteiger partial charge on any atom is -0.497 e. The Morgan fingerprint density at radius 2 is 1.94 bits per heavy atom. The molecule has 0 radical (unpaired) electrons. The van der Waals surface area contributed by atoms with Crippen LogP contribution >= 0.6 is 11.5 Å². The zero-order valence-electron chi connectivity index (χ0n) is 18.5. The van der Waals surface area contributed by atoms with Gasteiger partial charge in [-0.25, -0.2) is 0 Å². The number of nitrogen functional groups attached to an aromatic ring is 1. The third-order valence-corrected chi connectivity index (χ3v) is 6.52. The van der Waals surface area contributed by atoms with E-state index in [1.807, 2.05) is 0 Å². The lowest BCUT2D eigenvalue weighted by molar-refractivity contribution is -0.126. The van der Waals surface area contributed by atoms with Gasteiger partial charge in [-0.1, -0.05) is 25.0 Å². The average Bonchev–Trinajstić information content (AvgIpc) is 3.45. The molecule has 6 N–H and O–H groups in total. The number of anilines is 1. The number of methoxy groups -OCH3 is 1. The molecule has 1 aliphatic carbocycles. The molecule has 1 aromatic heterocycles. The highest BCUT2D eigenvalue weighted by atomic mass is 32.1. The number of benzene rings is 1. The van der Waals surface area contributed by atoms with E-state index < -0.39 is 17.9 Å². The van der Waals surface area contributed by atoms with Gasteiger partial charge in [-0.15, -0.1) is 0 Å². The van der Waals surface area contributed by atoms with E-state index >= 15 is 0 Å². The molecule has 3 amide bonds. The largest absolute Gasteiger partial charge is 0.497 e. The van der Waals surface area contributed by atoms with Gasteiger partial charge in [0.15, 0.2) is 5.69 Å². The Morgan fingerprint density at radius 3 is 2.48 bits per heavy atom. The zero-order chi connectivity index (χ0) is 24.0. The highest BCUT2D eigenvalue weighted by molar-refractivity contribution is 7.09.